The quantitative estimate of drug-likeness (QED) is 0.185. The standard InChI is InChI=1S/C25H38N12/c1-2-6-22-21(5-1)23(32-19-7-12-27-13-8-19)34-25(33-22)31-17-20-18-37(36-35-20)16-4-10-26-9-3-11-28-24-29-14-15-30-24/h1-2,5-6,18-19,26-27H,3-4,7-17H2,(H2,28,29,30)(H2,31,32,33,34). The van der Waals surface area contributed by atoms with Crippen LogP contribution in [-0.2, 0) is 13.1 Å². The number of nitrogens with zero attached hydrogens (tertiary/aromatic N) is 6. The first-order valence-electron chi connectivity index (χ1n) is 13.4. The number of rotatable bonds is 13. The molecule has 0 saturated carbocycles. The summed E-state index contributed by atoms with van der Waals surface area (Å²) in [6.45, 7) is 8.08. The molecule has 2 aliphatic heterocycles. The summed E-state index contributed by atoms with van der Waals surface area (Å²) in [4.78, 5) is 13.8. The summed E-state index contributed by atoms with van der Waals surface area (Å²) in [5.74, 6) is 2.41. The van der Waals surface area contributed by atoms with Gasteiger partial charge in [-0.2, -0.15) is 4.98 Å². The van der Waals surface area contributed by atoms with Gasteiger partial charge in [-0.3, -0.25) is 9.67 Å². The topological polar surface area (TPSA) is 141 Å². The number of fused-ring (bicyclic) bond motifs is 1. The molecule has 0 atom stereocenters. The van der Waals surface area contributed by atoms with E-state index in [1.807, 2.05) is 29.1 Å². The van der Waals surface area contributed by atoms with Crippen molar-refractivity contribution in [3.63, 3.8) is 0 Å². The van der Waals surface area contributed by atoms with Crippen molar-refractivity contribution in [1.29, 1.82) is 0 Å². The van der Waals surface area contributed by atoms with Gasteiger partial charge < -0.3 is 31.9 Å². The number of aryl methyl sites for hydroxylation is 1. The third-order valence-electron chi connectivity index (χ3n) is 6.53. The van der Waals surface area contributed by atoms with E-state index >= 15 is 0 Å². The summed E-state index contributed by atoms with van der Waals surface area (Å²) < 4.78 is 1.90. The van der Waals surface area contributed by atoms with Crippen LogP contribution in [0, 0.1) is 0 Å². The van der Waals surface area contributed by atoms with Gasteiger partial charge in [0.25, 0.3) is 0 Å². The minimum absolute atomic E-state index is 0.419. The van der Waals surface area contributed by atoms with Crippen LogP contribution in [0.5, 0.6) is 0 Å². The van der Waals surface area contributed by atoms with Crippen molar-refractivity contribution in [2.45, 2.75) is 44.8 Å². The average Bonchev–Trinajstić information content (AvgIpc) is 3.62. The van der Waals surface area contributed by atoms with E-state index in [0.717, 1.165) is 106 Å². The first-order valence-corrected chi connectivity index (χ1v) is 13.4. The molecule has 6 N–H and O–H groups in total. The number of benzene rings is 1. The fraction of sp³-hybridized carbons (Fsp3) is 0.560. The second kappa shape index (κ2) is 13.2. The molecule has 0 spiro atoms. The molecule has 1 aromatic carbocycles. The molecule has 2 aromatic heterocycles. The number of para-hydroxylation sites is 1. The molecular weight excluding hydrogens is 468 g/mol. The predicted molar refractivity (Wildman–Crippen MR) is 147 cm³/mol. The number of piperidine rings is 1. The summed E-state index contributed by atoms with van der Waals surface area (Å²) in [5.41, 5.74) is 1.79. The molecule has 1 saturated heterocycles. The molecular formula is C25H38N12. The molecule has 1 fully saturated rings. The van der Waals surface area contributed by atoms with Gasteiger partial charge >= 0.3 is 0 Å². The van der Waals surface area contributed by atoms with Crippen LogP contribution in [0.25, 0.3) is 10.9 Å². The van der Waals surface area contributed by atoms with Gasteiger partial charge in [-0.1, -0.05) is 17.3 Å². The number of aliphatic imine (C=N–C) groups is 1. The van der Waals surface area contributed by atoms with Crippen LogP contribution in [-0.4, -0.2) is 82.8 Å². The molecule has 3 aromatic rings. The fourth-order valence-electron chi connectivity index (χ4n) is 4.55. The normalized spacial score (nSPS) is 15.9. The SMILES string of the molecule is c1ccc2c(NC3CCNCC3)nc(NCc3cn(CCCNCCCNC4=NCCN4)nn3)nc2c1. The van der Waals surface area contributed by atoms with Gasteiger partial charge in [-0.05, 0) is 64.0 Å². The molecule has 198 valence electrons. The molecule has 0 radical (unpaired) electrons. The minimum Gasteiger partial charge on any atom is -0.367 e. The van der Waals surface area contributed by atoms with Crippen LogP contribution >= 0.6 is 0 Å². The monoisotopic (exact) mass is 506 g/mol. The molecule has 0 aliphatic carbocycles. The first-order chi connectivity index (χ1) is 18.3. The van der Waals surface area contributed by atoms with E-state index in [1.54, 1.807) is 0 Å². The summed E-state index contributed by atoms with van der Waals surface area (Å²) >= 11 is 0. The van der Waals surface area contributed by atoms with Gasteiger partial charge in [-0.25, -0.2) is 4.98 Å². The molecule has 2 aliphatic rings. The molecule has 12 nitrogen and oxygen atoms in total. The van der Waals surface area contributed by atoms with E-state index in [4.69, 9.17) is 9.97 Å². The van der Waals surface area contributed by atoms with Gasteiger partial charge in [-0.15, -0.1) is 5.10 Å². The second-order valence-corrected chi connectivity index (χ2v) is 9.45. The van der Waals surface area contributed by atoms with Crippen molar-refractivity contribution in [3.05, 3.63) is 36.2 Å². The number of guanidine groups is 1. The molecule has 0 unspecified atom stereocenters. The minimum atomic E-state index is 0.419. The average molecular weight is 507 g/mol. The van der Waals surface area contributed by atoms with Crippen LogP contribution in [0.4, 0.5) is 11.8 Å². The van der Waals surface area contributed by atoms with Gasteiger partial charge in [0.2, 0.25) is 5.95 Å². The van der Waals surface area contributed by atoms with E-state index in [1.165, 1.54) is 0 Å². The molecule has 12 heteroatoms. The lowest BCUT2D eigenvalue weighted by molar-refractivity contribution is 0.478. The zero-order valence-corrected chi connectivity index (χ0v) is 21.3. The lowest BCUT2D eigenvalue weighted by Crippen LogP contribution is -2.35. The second-order valence-electron chi connectivity index (χ2n) is 9.45. The highest BCUT2D eigenvalue weighted by Crippen LogP contribution is 2.24. The van der Waals surface area contributed by atoms with Crippen LogP contribution in [0.2, 0.25) is 0 Å². The molecule has 5 rings (SSSR count). The maximum absolute atomic E-state index is 4.80. The Labute approximate surface area is 217 Å². The lowest BCUT2D eigenvalue weighted by Gasteiger charge is -2.25. The van der Waals surface area contributed by atoms with Crippen LogP contribution in [0.3, 0.4) is 0 Å². The van der Waals surface area contributed by atoms with Crippen LogP contribution in [0.15, 0.2) is 35.5 Å². The highest BCUT2D eigenvalue weighted by molar-refractivity contribution is 5.90. The zero-order chi connectivity index (χ0) is 25.1. The Morgan fingerprint density at radius 2 is 1.86 bits per heavy atom. The molecule has 0 amide bonds. The van der Waals surface area contributed by atoms with Gasteiger partial charge in [0.05, 0.1) is 24.8 Å². The van der Waals surface area contributed by atoms with Crippen molar-refractivity contribution < 1.29 is 0 Å². The van der Waals surface area contributed by atoms with Crippen molar-refractivity contribution in [2.24, 2.45) is 4.99 Å². The molecule has 4 heterocycles. The van der Waals surface area contributed by atoms with Crippen molar-refractivity contribution in [1.82, 2.24) is 46.2 Å². The third kappa shape index (κ3) is 7.49. The number of aromatic nitrogens is 5. The van der Waals surface area contributed by atoms with E-state index in [-0.39, 0.29) is 0 Å². The Hall–Kier alpha value is -3.51. The Balaban J connectivity index is 1.05. The van der Waals surface area contributed by atoms with Crippen LogP contribution < -0.4 is 31.9 Å². The Morgan fingerprint density at radius 1 is 0.973 bits per heavy atom. The van der Waals surface area contributed by atoms with Crippen molar-refractivity contribution in [2.75, 3.05) is 56.4 Å². The predicted octanol–water partition coefficient (Wildman–Crippen LogP) is 0.916. The van der Waals surface area contributed by atoms with E-state index in [0.29, 0.717) is 18.5 Å². The largest absolute Gasteiger partial charge is 0.367 e. The Morgan fingerprint density at radius 3 is 2.76 bits per heavy atom. The maximum atomic E-state index is 4.80. The van der Waals surface area contributed by atoms with Gasteiger partial charge in [0.1, 0.15) is 11.5 Å². The third-order valence-corrected chi connectivity index (χ3v) is 6.53. The van der Waals surface area contributed by atoms with Gasteiger partial charge in [0, 0.05) is 31.1 Å². The highest BCUT2D eigenvalue weighted by atomic mass is 15.4. The fourth-order valence-corrected chi connectivity index (χ4v) is 4.55. The summed E-state index contributed by atoms with van der Waals surface area (Å²) in [7, 11) is 0. The Bertz CT molecular complexity index is 1150. The maximum Gasteiger partial charge on any atom is 0.225 e. The van der Waals surface area contributed by atoms with Gasteiger partial charge in [0.15, 0.2) is 5.96 Å². The summed E-state index contributed by atoms with van der Waals surface area (Å²) in [6, 6.07) is 8.56. The summed E-state index contributed by atoms with van der Waals surface area (Å²) in [5, 5.41) is 30.0. The van der Waals surface area contributed by atoms with E-state index < -0.39 is 0 Å². The smallest absolute Gasteiger partial charge is 0.225 e. The highest BCUT2D eigenvalue weighted by Gasteiger charge is 2.16. The number of anilines is 2. The van der Waals surface area contributed by atoms with Crippen LogP contribution in [0.1, 0.15) is 31.4 Å². The molecule has 0 bridgehead atoms. The zero-order valence-electron chi connectivity index (χ0n) is 21.3. The lowest BCUT2D eigenvalue weighted by atomic mass is 10.1. The number of nitrogens with one attached hydrogen (secondary N) is 6. The number of hydrogen-bond acceptors (Lipinski definition) is 11. The summed E-state index contributed by atoms with van der Waals surface area (Å²) in [6.07, 6.45) is 6.22. The number of hydrogen-bond donors (Lipinski definition) is 6. The van der Waals surface area contributed by atoms with Crippen molar-refractivity contribution in [3.8, 4) is 0 Å². The van der Waals surface area contributed by atoms with E-state index in [2.05, 4.69) is 53.3 Å². The first kappa shape index (κ1) is 25.2. The van der Waals surface area contributed by atoms with Crippen molar-refractivity contribution >= 4 is 28.6 Å². The Kier molecular flexibility index (Phi) is 8.94. The molecule has 37 heavy (non-hydrogen) atoms. The van der Waals surface area contributed by atoms with E-state index in [9.17, 15) is 0 Å².